The topological polar surface area (TPSA) is 32.5 Å². The summed E-state index contributed by atoms with van der Waals surface area (Å²) in [5.74, 6) is 0. The molecule has 0 radical (unpaired) electrons. The number of benzene rings is 1. The molecule has 1 aliphatic carbocycles. The van der Waals surface area contributed by atoms with E-state index in [0.29, 0.717) is 5.54 Å². The number of hydrogen-bond acceptors (Lipinski definition) is 3. The maximum atomic E-state index is 5.78. The van der Waals surface area contributed by atoms with Crippen molar-refractivity contribution >= 4 is 27.3 Å². The van der Waals surface area contributed by atoms with Gasteiger partial charge in [-0.25, -0.2) is 0 Å². The third-order valence-electron chi connectivity index (χ3n) is 4.15. The number of anilines is 2. The first kappa shape index (κ1) is 13.7. The molecular weight excluding hydrogens is 290 g/mol. The molecule has 0 saturated heterocycles. The summed E-state index contributed by atoms with van der Waals surface area (Å²) in [5, 5.41) is 0. The van der Waals surface area contributed by atoms with Crippen LogP contribution in [0.3, 0.4) is 0 Å². The number of hydrogen-bond donors (Lipinski definition) is 1. The van der Waals surface area contributed by atoms with Crippen LogP contribution in [0.15, 0.2) is 22.7 Å². The van der Waals surface area contributed by atoms with E-state index in [9.17, 15) is 0 Å². The molecule has 0 spiro atoms. The van der Waals surface area contributed by atoms with Crippen LogP contribution < -0.4 is 10.6 Å². The van der Waals surface area contributed by atoms with Gasteiger partial charge in [0.25, 0.3) is 0 Å². The molecule has 100 valence electrons. The van der Waals surface area contributed by atoms with E-state index in [2.05, 4.69) is 52.9 Å². The molecule has 2 rings (SSSR count). The largest absolute Gasteiger partial charge is 0.399 e. The van der Waals surface area contributed by atoms with Gasteiger partial charge < -0.3 is 15.5 Å². The number of likely N-dealkylation sites (N-methyl/N-ethyl adjacent to an activating group) is 2. The molecule has 0 bridgehead atoms. The summed E-state index contributed by atoms with van der Waals surface area (Å²) < 4.78 is 1.07. The normalized spacial score (nSPS) is 17.6. The van der Waals surface area contributed by atoms with Crippen molar-refractivity contribution < 1.29 is 0 Å². The van der Waals surface area contributed by atoms with E-state index < -0.39 is 0 Å². The summed E-state index contributed by atoms with van der Waals surface area (Å²) in [4.78, 5) is 4.70. The van der Waals surface area contributed by atoms with Gasteiger partial charge in [-0.2, -0.15) is 0 Å². The fraction of sp³-hybridized carbons (Fsp3) is 0.571. The van der Waals surface area contributed by atoms with Crippen LogP contribution in [0.25, 0.3) is 0 Å². The van der Waals surface area contributed by atoms with E-state index in [-0.39, 0.29) is 0 Å². The van der Waals surface area contributed by atoms with Crippen molar-refractivity contribution in [1.29, 1.82) is 0 Å². The molecule has 0 atom stereocenters. The molecule has 4 heteroatoms. The first-order chi connectivity index (χ1) is 8.44. The number of nitrogen functional groups attached to an aromatic ring is 1. The van der Waals surface area contributed by atoms with Crippen LogP contribution in [0.5, 0.6) is 0 Å². The highest BCUT2D eigenvalue weighted by molar-refractivity contribution is 9.10. The maximum Gasteiger partial charge on any atom is 0.0510 e. The van der Waals surface area contributed by atoms with Gasteiger partial charge in [-0.3, -0.25) is 0 Å². The molecule has 18 heavy (non-hydrogen) atoms. The second kappa shape index (κ2) is 5.10. The SMILES string of the molecule is CN(CC1(N(C)C)CCC1)c1ccc(N)cc1Br. The molecule has 0 aromatic heterocycles. The summed E-state index contributed by atoms with van der Waals surface area (Å²) in [7, 11) is 6.52. The van der Waals surface area contributed by atoms with Crippen molar-refractivity contribution in [1.82, 2.24) is 4.90 Å². The van der Waals surface area contributed by atoms with E-state index in [1.54, 1.807) is 0 Å². The van der Waals surface area contributed by atoms with Gasteiger partial charge in [-0.05, 0) is 67.5 Å². The highest BCUT2D eigenvalue weighted by Crippen LogP contribution is 2.38. The minimum absolute atomic E-state index is 0.343. The van der Waals surface area contributed by atoms with Crippen LogP contribution in [0.2, 0.25) is 0 Å². The van der Waals surface area contributed by atoms with E-state index in [4.69, 9.17) is 5.73 Å². The Morgan fingerprint density at radius 1 is 1.28 bits per heavy atom. The molecule has 1 fully saturated rings. The quantitative estimate of drug-likeness (QED) is 0.868. The predicted molar refractivity (Wildman–Crippen MR) is 82.1 cm³/mol. The van der Waals surface area contributed by atoms with Crippen molar-refractivity contribution in [2.45, 2.75) is 24.8 Å². The molecule has 0 unspecified atom stereocenters. The lowest BCUT2D eigenvalue weighted by atomic mass is 9.75. The van der Waals surface area contributed by atoms with Gasteiger partial charge in [0.05, 0.1) is 5.69 Å². The fourth-order valence-electron chi connectivity index (χ4n) is 2.69. The van der Waals surface area contributed by atoms with Crippen molar-refractivity contribution in [3.8, 4) is 0 Å². The zero-order valence-electron chi connectivity index (χ0n) is 11.4. The molecule has 0 heterocycles. The highest BCUT2D eigenvalue weighted by atomic mass is 79.9. The van der Waals surface area contributed by atoms with Crippen molar-refractivity contribution in [2.24, 2.45) is 0 Å². The summed E-state index contributed by atoms with van der Waals surface area (Å²) >= 11 is 3.60. The first-order valence-electron chi connectivity index (χ1n) is 6.38. The average Bonchev–Trinajstić information content (AvgIpc) is 2.22. The van der Waals surface area contributed by atoms with E-state index in [0.717, 1.165) is 16.7 Å². The Bertz CT molecular complexity index is 427. The minimum Gasteiger partial charge on any atom is -0.399 e. The van der Waals surface area contributed by atoms with Crippen LogP contribution in [0.4, 0.5) is 11.4 Å². The fourth-order valence-corrected chi connectivity index (χ4v) is 3.39. The predicted octanol–water partition coefficient (Wildman–Crippen LogP) is 2.95. The maximum absolute atomic E-state index is 5.78. The van der Waals surface area contributed by atoms with E-state index in [1.807, 2.05) is 12.1 Å². The molecular formula is C14H22BrN3. The second-order valence-corrected chi connectivity index (χ2v) is 6.39. The Balaban J connectivity index is 2.14. The second-order valence-electron chi connectivity index (χ2n) is 5.54. The van der Waals surface area contributed by atoms with Gasteiger partial charge in [0.15, 0.2) is 0 Å². The van der Waals surface area contributed by atoms with E-state index >= 15 is 0 Å². The zero-order valence-corrected chi connectivity index (χ0v) is 13.0. The average molecular weight is 312 g/mol. The Kier molecular flexibility index (Phi) is 3.87. The number of nitrogens with two attached hydrogens (primary N) is 1. The summed E-state index contributed by atoms with van der Waals surface area (Å²) in [6, 6.07) is 6.01. The van der Waals surface area contributed by atoms with Crippen LogP contribution >= 0.6 is 15.9 Å². The van der Waals surface area contributed by atoms with Gasteiger partial charge in [0.1, 0.15) is 0 Å². The smallest absolute Gasteiger partial charge is 0.0510 e. The minimum atomic E-state index is 0.343. The van der Waals surface area contributed by atoms with Gasteiger partial charge in [0.2, 0.25) is 0 Å². The molecule has 3 nitrogen and oxygen atoms in total. The van der Waals surface area contributed by atoms with Crippen LogP contribution in [0.1, 0.15) is 19.3 Å². The monoisotopic (exact) mass is 311 g/mol. The van der Waals surface area contributed by atoms with Crippen LogP contribution in [0, 0.1) is 0 Å². The van der Waals surface area contributed by atoms with Gasteiger partial charge in [-0.15, -0.1) is 0 Å². The molecule has 0 aliphatic heterocycles. The molecule has 0 amide bonds. The standard InChI is InChI=1S/C14H22BrN3/c1-17(2)14(7-4-8-14)10-18(3)13-6-5-11(16)9-12(13)15/h5-6,9H,4,7-8,10,16H2,1-3H3. The number of halogens is 1. The third kappa shape index (κ3) is 2.50. The van der Waals surface area contributed by atoms with Crippen molar-refractivity contribution in [2.75, 3.05) is 38.3 Å². The van der Waals surface area contributed by atoms with Gasteiger partial charge in [-0.1, -0.05) is 0 Å². The molecule has 1 saturated carbocycles. The Hall–Kier alpha value is -0.740. The van der Waals surface area contributed by atoms with E-state index in [1.165, 1.54) is 24.9 Å². The lowest BCUT2D eigenvalue weighted by Gasteiger charge is -2.49. The molecule has 1 aromatic carbocycles. The van der Waals surface area contributed by atoms with Crippen LogP contribution in [-0.2, 0) is 0 Å². The molecule has 2 N–H and O–H groups in total. The van der Waals surface area contributed by atoms with Crippen molar-refractivity contribution in [3.05, 3.63) is 22.7 Å². The number of nitrogens with zero attached hydrogens (tertiary/aromatic N) is 2. The molecule has 1 aliphatic rings. The lowest BCUT2D eigenvalue weighted by Crippen LogP contribution is -2.56. The number of rotatable bonds is 4. The van der Waals surface area contributed by atoms with Gasteiger partial charge in [0, 0.05) is 29.3 Å². The summed E-state index contributed by atoms with van der Waals surface area (Å²) in [6.45, 7) is 1.06. The lowest BCUT2D eigenvalue weighted by molar-refractivity contribution is 0.0683. The first-order valence-corrected chi connectivity index (χ1v) is 7.17. The Morgan fingerprint density at radius 3 is 2.39 bits per heavy atom. The summed E-state index contributed by atoms with van der Waals surface area (Å²) in [5.41, 5.74) is 8.13. The Morgan fingerprint density at radius 2 is 1.94 bits per heavy atom. The third-order valence-corrected chi connectivity index (χ3v) is 4.78. The van der Waals surface area contributed by atoms with Crippen molar-refractivity contribution in [3.63, 3.8) is 0 Å². The Labute approximate surface area is 118 Å². The zero-order chi connectivity index (χ0) is 13.3. The van der Waals surface area contributed by atoms with Crippen LogP contribution in [-0.4, -0.2) is 38.1 Å². The van der Waals surface area contributed by atoms with Gasteiger partial charge >= 0.3 is 0 Å². The molecule has 1 aromatic rings. The summed E-state index contributed by atoms with van der Waals surface area (Å²) in [6.07, 6.45) is 3.92. The highest BCUT2D eigenvalue weighted by Gasteiger charge is 2.40.